The number of para-hydroxylation sites is 1. The molecule has 1 aliphatic rings. The molecule has 1 aliphatic heterocycles. The number of H-pyrrole nitrogens is 1. The molecule has 0 aliphatic carbocycles. The molecule has 1 amide bonds. The largest absolute Gasteiger partial charge is 0.507 e. The number of carbonyl (C=O) groups is 1. The monoisotopic (exact) mass is 459 g/mol. The molecule has 3 aromatic carbocycles. The molecule has 166 valence electrons. The van der Waals surface area contributed by atoms with E-state index in [1.54, 1.807) is 25.3 Å². The molecule has 0 saturated heterocycles. The Labute approximate surface area is 196 Å². The summed E-state index contributed by atoms with van der Waals surface area (Å²) in [6, 6.07) is 22.0. The van der Waals surface area contributed by atoms with E-state index in [0.29, 0.717) is 34.9 Å². The highest BCUT2D eigenvalue weighted by Gasteiger charge is 2.42. The van der Waals surface area contributed by atoms with Crippen LogP contribution in [0.15, 0.2) is 72.8 Å². The van der Waals surface area contributed by atoms with Gasteiger partial charge >= 0.3 is 0 Å². The number of nitrogens with zero attached hydrogens (tertiary/aromatic N) is 2. The van der Waals surface area contributed by atoms with Gasteiger partial charge in [0.1, 0.15) is 22.9 Å². The van der Waals surface area contributed by atoms with Crippen LogP contribution < -0.4 is 4.74 Å². The molecule has 6 nitrogen and oxygen atoms in total. The summed E-state index contributed by atoms with van der Waals surface area (Å²) in [4.78, 5) is 15.3. The normalized spacial score (nSPS) is 15.0. The molecule has 5 rings (SSSR count). The van der Waals surface area contributed by atoms with Crippen molar-refractivity contribution in [3.05, 3.63) is 100 Å². The first-order chi connectivity index (χ1) is 16.1. The van der Waals surface area contributed by atoms with Gasteiger partial charge in [-0.15, -0.1) is 0 Å². The predicted molar refractivity (Wildman–Crippen MR) is 127 cm³/mol. The molecule has 0 saturated carbocycles. The van der Waals surface area contributed by atoms with Gasteiger partial charge < -0.3 is 14.7 Å². The lowest BCUT2D eigenvalue weighted by molar-refractivity contribution is 0.0746. The van der Waals surface area contributed by atoms with Crippen molar-refractivity contribution < 1.29 is 14.6 Å². The highest BCUT2D eigenvalue weighted by molar-refractivity contribution is 6.30. The predicted octanol–water partition coefficient (Wildman–Crippen LogP) is 5.23. The minimum Gasteiger partial charge on any atom is -0.507 e. The Kier molecular flexibility index (Phi) is 5.52. The summed E-state index contributed by atoms with van der Waals surface area (Å²) in [5.41, 5.74) is 4.40. The minimum absolute atomic E-state index is 0.116. The lowest BCUT2D eigenvalue weighted by Gasteiger charge is -2.26. The number of aromatic hydroxyl groups is 1. The molecule has 7 heteroatoms. The number of methoxy groups -OCH3 is 1. The van der Waals surface area contributed by atoms with Crippen molar-refractivity contribution >= 4 is 17.5 Å². The summed E-state index contributed by atoms with van der Waals surface area (Å²) in [7, 11) is 1.64. The number of hydrogen-bond donors (Lipinski definition) is 2. The van der Waals surface area contributed by atoms with E-state index in [1.165, 1.54) is 0 Å². The number of amides is 1. The number of halogens is 1. The summed E-state index contributed by atoms with van der Waals surface area (Å²) < 4.78 is 5.24. The molecule has 1 atom stereocenters. The number of nitrogens with one attached hydrogen (secondary N) is 1. The Morgan fingerprint density at radius 3 is 2.48 bits per heavy atom. The van der Waals surface area contributed by atoms with Gasteiger partial charge in [-0.3, -0.25) is 9.89 Å². The highest BCUT2D eigenvalue weighted by Crippen LogP contribution is 2.44. The van der Waals surface area contributed by atoms with Crippen molar-refractivity contribution in [2.24, 2.45) is 0 Å². The fourth-order valence-electron chi connectivity index (χ4n) is 4.34. The van der Waals surface area contributed by atoms with Crippen molar-refractivity contribution in [3.63, 3.8) is 0 Å². The fraction of sp³-hybridized carbons (Fsp3) is 0.154. The SMILES string of the molecule is COc1ccc(CCN2C(=O)c3[nH]nc(-c4ccccc4O)c3C2c2ccc(Cl)cc2)cc1. The first-order valence-corrected chi connectivity index (χ1v) is 11.0. The number of hydrogen-bond acceptors (Lipinski definition) is 4. The van der Waals surface area contributed by atoms with Gasteiger partial charge in [-0.2, -0.15) is 5.10 Å². The second-order valence-corrected chi connectivity index (χ2v) is 8.37. The van der Waals surface area contributed by atoms with Crippen molar-refractivity contribution in [2.45, 2.75) is 12.5 Å². The van der Waals surface area contributed by atoms with E-state index in [2.05, 4.69) is 10.2 Å². The van der Waals surface area contributed by atoms with Crippen LogP contribution in [-0.2, 0) is 6.42 Å². The van der Waals surface area contributed by atoms with Crippen LogP contribution in [0, 0.1) is 0 Å². The van der Waals surface area contributed by atoms with Crippen LogP contribution in [0.2, 0.25) is 5.02 Å². The Balaban J connectivity index is 1.54. The van der Waals surface area contributed by atoms with Crippen LogP contribution in [-0.4, -0.2) is 39.8 Å². The molecule has 0 fully saturated rings. The van der Waals surface area contributed by atoms with E-state index in [-0.39, 0.29) is 17.7 Å². The number of rotatable bonds is 6. The molecular weight excluding hydrogens is 438 g/mol. The number of benzene rings is 3. The van der Waals surface area contributed by atoms with E-state index in [9.17, 15) is 9.90 Å². The third-order valence-corrected chi connectivity index (χ3v) is 6.26. The molecule has 33 heavy (non-hydrogen) atoms. The van der Waals surface area contributed by atoms with Gasteiger partial charge in [0.25, 0.3) is 5.91 Å². The molecule has 0 radical (unpaired) electrons. The number of carbonyl (C=O) groups excluding carboxylic acids is 1. The average Bonchev–Trinajstić information content (AvgIpc) is 3.38. The van der Waals surface area contributed by atoms with Gasteiger partial charge in [0.2, 0.25) is 0 Å². The summed E-state index contributed by atoms with van der Waals surface area (Å²) in [5.74, 6) is 0.793. The lowest BCUT2D eigenvalue weighted by atomic mass is 9.95. The molecule has 2 heterocycles. The highest BCUT2D eigenvalue weighted by atomic mass is 35.5. The lowest BCUT2D eigenvalue weighted by Crippen LogP contribution is -2.31. The van der Waals surface area contributed by atoms with Crippen LogP contribution in [0.4, 0.5) is 0 Å². The fourth-order valence-corrected chi connectivity index (χ4v) is 4.47. The van der Waals surface area contributed by atoms with E-state index in [0.717, 1.165) is 22.4 Å². The maximum atomic E-state index is 13.4. The number of phenols is 1. The third-order valence-electron chi connectivity index (χ3n) is 6.01. The Morgan fingerprint density at radius 2 is 1.79 bits per heavy atom. The Hall–Kier alpha value is -3.77. The molecular formula is C26H22ClN3O3. The topological polar surface area (TPSA) is 78.5 Å². The van der Waals surface area contributed by atoms with Crippen molar-refractivity contribution in [2.75, 3.05) is 13.7 Å². The average molecular weight is 460 g/mol. The number of aromatic nitrogens is 2. The number of fused-ring (bicyclic) bond motifs is 1. The third kappa shape index (κ3) is 3.83. The van der Waals surface area contributed by atoms with Crippen LogP contribution in [0.1, 0.15) is 33.2 Å². The van der Waals surface area contributed by atoms with Gasteiger partial charge in [0.15, 0.2) is 0 Å². The summed E-state index contributed by atoms with van der Waals surface area (Å²) in [6.07, 6.45) is 0.684. The van der Waals surface area contributed by atoms with E-state index in [1.807, 2.05) is 59.5 Å². The molecule has 1 aromatic heterocycles. The standard InChI is InChI=1S/C26H22ClN3O3/c1-33-19-12-6-16(7-13-19)14-15-30-25(17-8-10-18(27)11-9-17)22-23(28-29-24(22)26(30)32)20-4-2-3-5-21(20)31/h2-13,25,31H,14-15H2,1H3,(H,28,29). The molecule has 1 unspecified atom stereocenters. The smallest absolute Gasteiger partial charge is 0.273 e. The van der Waals surface area contributed by atoms with Gasteiger partial charge in [-0.25, -0.2) is 0 Å². The molecule has 4 aromatic rings. The number of ether oxygens (including phenoxy) is 1. The van der Waals surface area contributed by atoms with Gasteiger partial charge in [-0.05, 0) is 53.9 Å². The maximum Gasteiger partial charge on any atom is 0.273 e. The minimum atomic E-state index is -0.351. The van der Waals surface area contributed by atoms with Crippen LogP contribution in [0.5, 0.6) is 11.5 Å². The number of phenolic OH excluding ortho intramolecular Hbond substituents is 1. The first-order valence-electron chi connectivity index (χ1n) is 10.6. The maximum absolute atomic E-state index is 13.4. The zero-order valence-corrected chi connectivity index (χ0v) is 18.7. The van der Waals surface area contributed by atoms with Crippen LogP contribution in [0.25, 0.3) is 11.3 Å². The van der Waals surface area contributed by atoms with E-state index in [4.69, 9.17) is 16.3 Å². The van der Waals surface area contributed by atoms with Gasteiger partial charge in [-0.1, -0.05) is 48.0 Å². The zero-order chi connectivity index (χ0) is 22.9. The van der Waals surface area contributed by atoms with Gasteiger partial charge in [0.05, 0.1) is 13.2 Å². The number of aromatic amines is 1. The Bertz CT molecular complexity index is 1300. The summed E-state index contributed by atoms with van der Waals surface area (Å²) in [5, 5.41) is 18.4. The Morgan fingerprint density at radius 1 is 1.06 bits per heavy atom. The second-order valence-electron chi connectivity index (χ2n) is 7.93. The van der Waals surface area contributed by atoms with Crippen molar-refractivity contribution in [1.29, 1.82) is 0 Å². The van der Waals surface area contributed by atoms with Crippen molar-refractivity contribution in [1.82, 2.24) is 15.1 Å². The van der Waals surface area contributed by atoms with Crippen LogP contribution in [0.3, 0.4) is 0 Å². The second kappa shape index (κ2) is 8.64. The molecule has 0 spiro atoms. The van der Waals surface area contributed by atoms with Crippen molar-refractivity contribution in [3.8, 4) is 22.8 Å². The molecule has 2 N–H and O–H groups in total. The quantitative estimate of drug-likeness (QED) is 0.413. The van der Waals surface area contributed by atoms with E-state index >= 15 is 0 Å². The first kappa shape index (κ1) is 21.1. The zero-order valence-electron chi connectivity index (χ0n) is 18.0. The molecule has 0 bridgehead atoms. The van der Waals surface area contributed by atoms with E-state index < -0.39 is 0 Å². The summed E-state index contributed by atoms with van der Waals surface area (Å²) >= 11 is 6.13. The van der Waals surface area contributed by atoms with Crippen LogP contribution >= 0.6 is 11.6 Å². The van der Waals surface area contributed by atoms with Gasteiger partial charge in [0, 0.05) is 22.7 Å². The summed E-state index contributed by atoms with van der Waals surface area (Å²) in [6.45, 7) is 0.515.